The van der Waals surface area contributed by atoms with Gasteiger partial charge >= 0.3 is 0 Å². The van der Waals surface area contributed by atoms with Crippen LogP contribution in [0.3, 0.4) is 0 Å². The Balaban J connectivity index is 1.31. The highest BCUT2D eigenvalue weighted by atomic mass is 79.9. The first-order valence-electron chi connectivity index (χ1n) is 15.6. The number of nitrogens with zero attached hydrogens (tertiary/aromatic N) is 2. The van der Waals surface area contributed by atoms with Crippen molar-refractivity contribution in [3.05, 3.63) is 125 Å². The molecule has 7 heteroatoms. The summed E-state index contributed by atoms with van der Waals surface area (Å²) in [5.74, 6) is 0. The van der Waals surface area contributed by atoms with Gasteiger partial charge in [-0.25, -0.2) is 8.42 Å². The Hall–Kier alpha value is -2.42. The van der Waals surface area contributed by atoms with E-state index in [0.29, 0.717) is 19.5 Å². The van der Waals surface area contributed by atoms with Crippen LogP contribution >= 0.6 is 27.7 Å². The number of unbranched alkanes of at least 4 members (excludes halogenated alkanes) is 1. The molecule has 0 bridgehead atoms. The molecule has 0 N–H and O–H groups in total. The molecule has 0 aliphatic carbocycles. The summed E-state index contributed by atoms with van der Waals surface area (Å²) in [6.45, 7) is 10.5. The third-order valence-electron chi connectivity index (χ3n) is 8.69. The molecule has 0 saturated heterocycles. The predicted octanol–water partition coefficient (Wildman–Crippen LogP) is 9.26. The summed E-state index contributed by atoms with van der Waals surface area (Å²) in [6.07, 6.45) is 4.40. The molecular formula is C37H44BrN2O2S2+. The van der Waals surface area contributed by atoms with E-state index in [1.165, 1.54) is 33.8 Å². The van der Waals surface area contributed by atoms with Crippen LogP contribution < -0.4 is 0 Å². The molecule has 0 saturated carbocycles. The quantitative estimate of drug-likeness (QED) is 0.0573. The van der Waals surface area contributed by atoms with Gasteiger partial charge in [-0.2, -0.15) is 4.31 Å². The van der Waals surface area contributed by atoms with Gasteiger partial charge < -0.3 is 4.48 Å². The van der Waals surface area contributed by atoms with Gasteiger partial charge in [0.15, 0.2) is 0 Å². The summed E-state index contributed by atoms with van der Waals surface area (Å²) in [4.78, 5) is 1.05. The fraction of sp³-hybridized carbons (Fsp3) is 0.351. The van der Waals surface area contributed by atoms with Crippen LogP contribution in [0.2, 0.25) is 0 Å². The molecule has 0 aromatic heterocycles. The number of aryl methyl sites for hydroxylation is 2. The van der Waals surface area contributed by atoms with Gasteiger partial charge in [-0.3, -0.25) is 0 Å². The van der Waals surface area contributed by atoms with Gasteiger partial charge in [0.05, 0.1) is 13.1 Å². The standard InChI is InChI=1S/C37H44BrN2O2S2/c1-4-40(28-38,27-32-23-29(2)22-30(3)24-32)21-11-10-20-39(26-31-16-17-33-12-8-9-15-35(33)25-31)44(41,42)37-19-18-36(43-37)34-13-6-5-7-14-34/h5-9,12-18,22-25,37H,4,10-11,19-21,26-28H2,1-3H3/q+1. The fourth-order valence-corrected chi connectivity index (χ4v) is 10.5. The third-order valence-corrected chi connectivity index (χ3v) is 13.8. The predicted molar refractivity (Wildman–Crippen MR) is 192 cm³/mol. The molecule has 1 aliphatic heterocycles. The largest absolute Gasteiger partial charge is 0.311 e. The SMILES string of the molecule is CC[N+](CBr)(CCCCN(Cc1ccc2ccccc2c1)S(=O)(=O)C1CC=C(c2ccccc2)S1)Cc1cc(C)cc(C)c1. The second-order valence-electron chi connectivity index (χ2n) is 12.1. The molecule has 4 aromatic carbocycles. The Morgan fingerprint density at radius 2 is 1.57 bits per heavy atom. The number of hydrogen-bond acceptors (Lipinski definition) is 3. The van der Waals surface area contributed by atoms with Crippen LogP contribution in [0, 0.1) is 13.8 Å². The number of halogens is 1. The van der Waals surface area contributed by atoms with Crippen molar-refractivity contribution in [1.82, 2.24) is 4.31 Å². The minimum Gasteiger partial charge on any atom is -0.311 e. The fourth-order valence-electron chi connectivity index (χ4n) is 6.23. The van der Waals surface area contributed by atoms with Gasteiger partial charge in [0.25, 0.3) is 0 Å². The Morgan fingerprint density at radius 3 is 2.27 bits per heavy atom. The monoisotopic (exact) mass is 691 g/mol. The average Bonchev–Trinajstić information content (AvgIpc) is 3.53. The lowest BCUT2D eigenvalue weighted by Crippen LogP contribution is -2.47. The summed E-state index contributed by atoms with van der Waals surface area (Å²) in [6, 6.07) is 31.5. The molecule has 0 amide bonds. The number of alkyl halides is 1. The minimum atomic E-state index is -3.55. The average molecular weight is 693 g/mol. The number of allylic oxidation sites excluding steroid dienone is 1. The molecule has 4 nitrogen and oxygen atoms in total. The molecule has 0 spiro atoms. The first-order chi connectivity index (χ1) is 21.2. The lowest BCUT2D eigenvalue weighted by Gasteiger charge is -2.36. The molecule has 44 heavy (non-hydrogen) atoms. The van der Waals surface area contributed by atoms with Crippen molar-refractivity contribution in [2.75, 3.05) is 25.1 Å². The van der Waals surface area contributed by atoms with Gasteiger partial charge in [-0.05, 0) is 83.9 Å². The molecule has 2 atom stereocenters. The Morgan fingerprint density at radius 1 is 0.864 bits per heavy atom. The number of fused-ring (bicyclic) bond motifs is 1. The molecule has 0 radical (unpaired) electrons. The van der Waals surface area contributed by atoms with Crippen molar-refractivity contribution in [1.29, 1.82) is 0 Å². The molecular weight excluding hydrogens is 648 g/mol. The van der Waals surface area contributed by atoms with E-state index < -0.39 is 14.6 Å². The molecule has 1 heterocycles. The lowest BCUT2D eigenvalue weighted by atomic mass is 10.1. The van der Waals surface area contributed by atoms with Crippen LogP contribution in [-0.4, -0.2) is 46.9 Å². The summed E-state index contributed by atoms with van der Waals surface area (Å²) in [7, 11) is -3.55. The van der Waals surface area contributed by atoms with Crippen molar-refractivity contribution < 1.29 is 12.9 Å². The van der Waals surface area contributed by atoms with E-state index in [1.807, 2.05) is 30.3 Å². The van der Waals surface area contributed by atoms with Crippen molar-refractivity contribution >= 4 is 53.4 Å². The summed E-state index contributed by atoms with van der Waals surface area (Å²) in [5, 5.41) is 2.31. The zero-order valence-corrected chi connectivity index (χ0v) is 29.3. The molecule has 2 unspecified atom stereocenters. The highest BCUT2D eigenvalue weighted by molar-refractivity contribution is 9.09. The number of thioether (sulfide) groups is 1. The number of rotatable bonds is 14. The Labute approximate surface area is 276 Å². The maximum absolute atomic E-state index is 14.2. The van der Waals surface area contributed by atoms with Crippen LogP contribution in [0.4, 0.5) is 0 Å². The Bertz CT molecular complexity index is 1680. The number of benzene rings is 4. The zero-order chi connectivity index (χ0) is 31.2. The first-order valence-corrected chi connectivity index (χ1v) is 19.1. The summed E-state index contributed by atoms with van der Waals surface area (Å²) < 4.78 is 30.7. The lowest BCUT2D eigenvalue weighted by molar-refractivity contribution is -0.926. The molecule has 1 aliphatic rings. The minimum absolute atomic E-state index is 0.389. The van der Waals surface area contributed by atoms with E-state index in [2.05, 4.69) is 103 Å². The second kappa shape index (κ2) is 14.8. The highest BCUT2D eigenvalue weighted by Gasteiger charge is 2.36. The Kier molecular flexibility index (Phi) is 11.1. The first kappa shape index (κ1) is 33.0. The van der Waals surface area contributed by atoms with Crippen molar-refractivity contribution in [2.45, 2.75) is 57.7 Å². The van der Waals surface area contributed by atoms with Crippen molar-refractivity contribution in [3.8, 4) is 0 Å². The van der Waals surface area contributed by atoms with Gasteiger partial charge in [0.2, 0.25) is 10.0 Å². The maximum atomic E-state index is 14.2. The second-order valence-corrected chi connectivity index (χ2v) is 16.3. The number of hydrogen-bond donors (Lipinski definition) is 0. The van der Waals surface area contributed by atoms with Crippen molar-refractivity contribution in [3.63, 3.8) is 0 Å². The maximum Gasteiger partial charge on any atom is 0.227 e. The van der Waals surface area contributed by atoms with Crippen molar-refractivity contribution in [2.24, 2.45) is 0 Å². The van der Waals surface area contributed by atoms with E-state index in [0.717, 1.165) is 63.8 Å². The molecule has 0 fully saturated rings. The van der Waals surface area contributed by atoms with Crippen LogP contribution in [0.1, 0.15) is 54.0 Å². The van der Waals surface area contributed by atoms with Gasteiger partial charge in [0, 0.05) is 23.6 Å². The summed E-state index contributed by atoms with van der Waals surface area (Å²) >= 11 is 5.32. The van der Waals surface area contributed by atoms with Crippen LogP contribution in [0.25, 0.3) is 15.7 Å². The number of quaternary nitrogens is 1. The molecule has 4 aromatic rings. The van der Waals surface area contributed by atoms with E-state index in [4.69, 9.17) is 0 Å². The summed E-state index contributed by atoms with van der Waals surface area (Å²) in [5.41, 5.74) is 6.96. The van der Waals surface area contributed by atoms with Crippen LogP contribution in [0.5, 0.6) is 0 Å². The van der Waals surface area contributed by atoms with E-state index >= 15 is 0 Å². The number of sulfonamides is 1. The van der Waals surface area contributed by atoms with E-state index in [9.17, 15) is 8.42 Å². The smallest absolute Gasteiger partial charge is 0.227 e. The van der Waals surface area contributed by atoms with E-state index in [1.54, 1.807) is 4.31 Å². The van der Waals surface area contributed by atoms with Crippen LogP contribution in [0.15, 0.2) is 97.1 Å². The van der Waals surface area contributed by atoms with Gasteiger partial charge in [-0.15, -0.1) is 11.8 Å². The normalized spacial score (nSPS) is 16.8. The highest BCUT2D eigenvalue weighted by Crippen LogP contribution is 2.42. The van der Waals surface area contributed by atoms with E-state index in [-0.39, 0.29) is 0 Å². The van der Waals surface area contributed by atoms with Gasteiger partial charge in [-0.1, -0.05) is 102 Å². The third kappa shape index (κ3) is 8.04. The molecule has 5 rings (SSSR count). The topological polar surface area (TPSA) is 37.4 Å². The molecule has 232 valence electrons. The van der Waals surface area contributed by atoms with Gasteiger partial charge in [0.1, 0.15) is 16.6 Å². The van der Waals surface area contributed by atoms with Crippen LogP contribution in [-0.2, 0) is 23.1 Å². The zero-order valence-electron chi connectivity index (χ0n) is 26.1.